The Kier molecular flexibility index (Phi) is 4.88. The zero-order valence-electron chi connectivity index (χ0n) is 18.9. The molecule has 0 saturated heterocycles. The van der Waals surface area contributed by atoms with Crippen molar-refractivity contribution in [1.29, 1.82) is 5.26 Å². The van der Waals surface area contributed by atoms with Crippen LogP contribution in [0, 0.1) is 39.9 Å². The second-order valence-corrected chi connectivity index (χ2v) is 10.8. The maximum absolute atomic E-state index is 13.3. The van der Waals surface area contributed by atoms with Gasteiger partial charge in [0, 0.05) is 24.1 Å². The average Bonchev–Trinajstić information content (AvgIpc) is 3.17. The van der Waals surface area contributed by atoms with E-state index >= 15 is 0 Å². The molecule has 1 aromatic rings. The third-order valence-electron chi connectivity index (χ3n) is 9.63. The van der Waals surface area contributed by atoms with Crippen molar-refractivity contribution in [2.75, 3.05) is 6.54 Å². The van der Waals surface area contributed by atoms with Gasteiger partial charge in [0.05, 0.1) is 11.6 Å². The van der Waals surface area contributed by atoms with Gasteiger partial charge in [-0.1, -0.05) is 44.5 Å². The summed E-state index contributed by atoms with van der Waals surface area (Å²) in [6.45, 7) is 9.47. The largest absolute Gasteiger partial charge is 0.332 e. The van der Waals surface area contributed by atoms with E-state index in [-0.39, 0.29) is 17.4 Å². The van der Waals surface area contributed by atoms with Crippen molar-refractivity contribution >= 4 is 11.5 Å². The molecule has 1 aliphatic heterocycles. The fraction of sp³-hybridized carbons (Fsp3) is 0.571. The second kappa shape index (κ2) is 7.37. The summed E-state index contributed by atoms with van der Waals surface area (Å²) >= 11 is 0. The Labute approximate surface area is 186 Å². The minimum atomic E-state index is -0.128. The normalized spacial score (nSPS) is 39.1. The Balaban J connectivity index is 1.66. The molecule has 3 heteroatoms. The van der Waals surface area contributed by atoms with Crippen molar-refractivity contribution in [2.45, 2.75) is 64.8 Å². The number of amides is 1. The minimum absolute atomic E-state index is 0.0742. The lowest BCUT2D eigenvalue weighted by Crippen LogP contribution is -2.61. The summed E-state index contributed by atoms with van der Waals surface area (Å²) in [6, 6.07) is 10.4. The summed E-state index contributed by atoms with van der Waals surface area (Å²) in [4.78, 5) is 15.3. The van der Waals surface area contributed by atoms with Gasteiger partial charge in [-0.3, -0.25) is 4.79 Å². The molecule has 0 spiro atoms. The fourth-order valence-corrected chi connectivity index (χ4v) is 8.24. The Morgan fingerprint density at radius 2 is 1.97 bits per heavy atom. The van der Waals surface area contributed by atoms with Crippen LogP contribution >= 0.6 is 0 Å². The van der Waals surface area contributed by atoms with E-state index in [0.29, 0.717) is 23.4 Å². The van der Waals surface area contributed by atoms with Crippen molar-refractivity contribution in [3.63, 3.8) is 0 Å². The zero-order chi connectivity index (χ0) is 21.8. The van der Waals surface area contributed by atoms with Gasteiger partial charge in [-0.25, -0.2) is 0 Å². The summed E-state index contributed by atoms with van der Waals surface area (Å²) in [7, 11) is 0. The third kappa shape index (κ3) is 2.87. The lowest BCUT2D eigenvalue weighted by atomic mass is 9.46. The van der Waals surface area contributed by atoms with Crippen LogP contribution in [-0.4, -0.2) is 23.4 Å². The number of carbonyl (C=O) groups excluding carboxylic acids is 1. The summed E-state index contributed by atoms with van der Waals surface area (Å²) in [5, 5.41) is 9.83. The van der Waals surface area contributed by atoms with Gasteiger partial charge in [0.25, 0.3) is 0 Å². The predicted molar refractivity (Wildman–Crippen MR) is 124 cm³/mol. The monoisotopic (exact) mass is 414 g/mol. The Morgan fingerprint density at radius 3 is 2.74 bits per heavy atom. The van der Waals surface area contributed by atoms with Gasteiger partial charge in [0.15, 0.2) is 0 Å². The quantitative estimate of drug-likeness (QED) is 0.572. The topological polar surface area (TPSA) is 44.1 Å². The highest BCUT2D eigenvalue weighted by molar-refractivity contribution is 5.99. The lowest BCUT2D eigenvalue weighted by molar-refractivity contribution is -0.138. The van der Waals surface area contributed by atoms with Crippen molar-refractivity contribution < 1.29 is 4.79 Å². The minimum Gasteiger partial charge on any atom is -0.332 e. The van der Waals surface area contributed by atoms with Gasteiger partial charge in [0.2, 0.25) is 5.91 Å². The number of nitriles is 1. The van der Waals surface area contributed by atoms with E-state index in [0.717, 1.165) is 29.4 Å². The van der Waals surface area contributed by atoms with Gasteiger partial charge in [-0.15, -0.1) is 6.58 Å². The molecule has 1 unspecified atom stereocenters. The molecule has 31 heavy (non-hydrogen) atoms. The summed E-state index contributed by atoms with van der Waals surface area (Å²) < 4.78 is 0. The van der Waals surface area contributed by atoms with E-state index < -0.39 is 0 Å². The molecule has 1 aromatic carbocycles. The molecule has 3 fully saturated rings. The van der Waals surface area contributed by atoms with Crippen LogP contribution in [0.1, 0.15) is 69.9 Å². The molecule has 3 aliphatic carbocycles. The van der Waals surface area contributed by atoms with Crippen LogP contribution in [0.3, 0.4) is 0 Å². The van der Waals surface area contributed by atoms with Crippen molar-refractivity contribution in [1.82, 2.24) is 4.90 Å². The summed E-state index contributed by atoms with van der Waals surface area (Å²) in [5.74, 6) is 2.16. The Bertz CT molecular complexity index is 987. The van der Waals surface area contributed by atoms with Crippen LogP contribution < -0.4 is 0 Å². The SMILES string of the molecule is C=CCN1C(=O)C=C(c2ccccc2C#N)[C@@]2(C)C1CC[C@@H]1[C@H]2CC[C@]2(C)CCC[C@@H]12. The van der Waals surface area contributed by atoms with E-state index in [1.54, 1.807) is 0 Å². The fourth-order valence-electron chi connectivity index (χ4n) is 8.24. The van der Waals surface area contributed by atoms with Gasteiger partial charge in [0.1, 0.15) is 0 Å². The molecular weight excluding hydrogens is 380 g/mol. The Hall–Kier alpha value is -2.34. The lowest BCUT2D eigenvalue weighted by Gasteiger charge is -2.62. The predicted octanol–water partition coefficient (Wildman–Crippen LogP) is 5.97. The maximum atomic E-state index is 13.3. The first-order valence-electron chi connectivity index (χ1n) is 12.1. The molecule has 4 aliphatic rings. The van der Waals surface area contributed by atoms with Gasteiger partial charge in [-0.2, -0.15) is 5.26 Å². The van der Waals surface area contributed by atoms with Gasteiger partial charge >= 0.3 is 0 Å². The first-order valence-corrected chi connectivity index (χ1v) is 12.1. The molecule has 5 rings (SSSR count). The van der Waals surface area contributed by atoms with Gasteiger partial charge < -0.3 is 4.90 Å². The molecular formula is C28H34N2O. The number of carbonyl (C=O) groups is 1. The molecule has 0 bridgehead atoms. The van der Waals surface area contributed by atoms with Crippen LogP contribution in [0.25, 0.3) is 5.57 Å². The van der Waals surface area contributed by atoms with E-state index in [4.69, 9.17) is 0 Å². The van der Waals surface area contributed by atoms with Crippen molar-refractivity contribution in [2.24, 2.45) is 28.6 Å². The molecule has 1 amide bonds. The van der Waals surface area contributed by atoms with E-state index in [2.05, 4.69) is 37.5 Å². The number of fused-ring (bicyclic) bond motifs is 5. The van der Waals surface area contributed by atoms with Crippen molar-refractivity contribution in [3.8, 4) is 6.07 Å². The second-order valence-electron chi connectivity index (χ2n) is 10.8. The molecule has 3 nitrogen and oxygen atoms in total. The number of hydrogen-bond donors (Lipinski definition) is 0. The molecule has 0 radical (unpaired) electrons. The van der Waals surface area contributed by atoms with Crippen LogP contribution in [-0.2, 0) is 4.79 Å². The molecule has 3 saturated carbocycles. The van der Waals surface area contributed by atoms with Crippen LogP contribution in [0.2, 0.25) is 0 Å². The molecule has 162 valence electrons. The zero-order valence-corrected chi connectivity index (χ0v) is 18.9. The van der Waals surface area contributed by atoms with E-state index in [9.17, 15) is 10.1 Å². The maximum Gasteiger partial charge on any atom is 0.247 e. The van der Waals surface area contributed by atoms with Crippen LogP contribution in [0.4, 0.5) is 0 Å². The van der Waals surface area contributed by atoms with Crippen LogP contribution in [0.15, 0.2) is 43.0 Å². The highest BCUT2D eigenvalue weighted by atomic mass is 16.2. The highest BCUT2D eigenvalue weighted by Gasteiger charge is 2.60. The summed E-state index contributed by atoms with van der Waals surface area (Å²) in [6.07, 6.45) is 12.6. The third-order valence-corrected chi connectivity index (χ3v) is 9.63. The van der Waals surface area contributed by atoms with E-state index in [1.165, 1.54) is 38.5 Å². The van der Waals surface area contributed by atoms with E-state index in [1.807, 2.05) is 30.4 Å². The summed E-state index contributed by atoms with van der Waals surface area (Å²) in [5.41, 5.74) is 3.13. The number of rotatable bonds is 3. The highest BCUT2D eigenvalue weighted by Crippen LogP contribution is 2.66. The molecule has 0 N–H and O–H groups in total. The molecule has 0 aromatic heterocycles. The smallest absolute Gasteiger partial charge is 0.247 e. The van der Waals surface area contributed by atoms with Gasteiger partial charge in [-0.05, 0) is 78.9 Å². The van der Waals surface area contributed by atoms with Crippen molar-refractivity contribution in [3.05, 3.63) is 54.1 Å². The molecule has 6 atom stereocenters. The first kappa shape index (κ1) is 20.6. The number of nitrogens with zero attached hydrogens (tertiary/aromatic N) is 2. The first-order chi connectivity index (χ1) is 14.9. The standard InChI is InChI=1S/C28H34N2O/c1-4-16-30-25-12-11-21-22-10-7-14-27(22,2)15-13-23(21)28(25,3)24(17-26(30)31)20-9-6-5-8-19(20)18-29/h4-6,8-9,17,21-23,25H,1,7,10-16H2,2-3H3/t21-,22-,23+,25?,27-,28-/m0/s1. The molecule has 1 heterocycles. The van der Waals surface area contributed by atoms with Crippen LogP contribution in [0.5, 0.6) is 0 Å². The number of benzene rings is 1. The Morgan fingerprint density at radius 1 is 1.16 bits per heavy atom. The number of hydrogen-bond acceptors (Lipinski definition) is 2. The average molecular weight is 415 g/mol.